The number of fused-ring (bicyclic) bond motifs is 3. The molecule has 0 amide bonds. The highest BCUT2D eigenvalue weighted by molar-refractivity contribution is 6.01. The van der Waals surface area contributed by atoms with E-state index in [1.165, 1.54) is 16.8 Å². The van der Waals surface area contributed by atoms with Gasteiger partial charge in [-0.25, -0.2) is 4.79 Å². The molecule has 0 atom stereocenters. The van der Waals surface area contributed by atoms with Crippen LogP contribution in [0, 0.1) is 6.92 Å². The van der Waals surface area contributed by atoms with Gasteiger partial charge in [-0.1, -0.05) is 80.9 Å². The van der Waals surface area contributed by atoms with Gasteiger partial charge in [-0.15, -0.1) is 20.5 Å². The molecule has 0 aliphatic carbocycles. The van der Waals surface area contributed by atoms with Crippen molar-refractivity contribution in [3.05, 3.63) is 156 Å². The summed E-state index contributed by atoms with van der Waals surface area (Å²) in [5, 5.41) is 31.7. The Labute approximate surface area is 338 Å². The number of anilines is 1. The second kappa shape index (κ2) is 17.5. The highest BCUT2D eigenvalue weighted by Crippen LogP contribution is 2.39. The smallest absolute Gasteiger partial charge is 0.343 e. The van der Waals surface area contributed by atoms with Crippen LogP contribution >= 0.6 is 0 Å². The van der Waals surface area contributed by atoms with E-state index in [0.29, 0.717) is 28.4 Å². The van der Waals surface area contributed by atoms with Crippen LogP contribution in [0.2, 0.25) is 0 Å². The molecule has 7 aromatic carbocycles. The van der Waals surface area contributed by atoms with Crippen LogP contribution in [0.15, 0.2) is 164 Å². The third-order valence-corrected chi connectivity index (χ3v) is 10.4. The molecule has 8 rings (SSSR count). The number of esters is 1. The maximum Gasteiger partial charge on any atom is 0.343 e. The maximum atomic E-state index is 12.8. The molecule has 0 saturated carbocycles. The lowest BCUT2D eigenvalue weighted by Crippen LogP contribution is -2.30. The normalized spacial score (nSPS) is 13.0. The number of rotatable bonds is 12. The molecule has 1 heterocycles. The summed E-state index contributed by atoms with van der Waals surface area (Å²) in [5.41, 5.74) is 9.89. The minimum absolute atomic E-state index is 0.424. The molecule has 0 bridgehead atoms. The van der Waals surface area contributed by atoms with E-state index in [1.807, 2.05) is 97.1 Å². The second-order valence-corrected chi connectivity index (χ2v) is 14.6. The third-order valence-electron chi connectivity index (χ3n) is 10.4. The summed E-state index contributed by atoms with van der Waals surface area (Å²) in [6.07, 6.45) is 5.41. The van der Waals surface area contributed by atoms with Gasteiger partial charge >= 0.3 is 5.97 Å². The Kier molecular flexibility index (Phi) is 11.5. The minimum atomic E-state index is -0.424. The lowest BCUT2D eigenvalue weighted by atomic mass is 9.98. The van der Waals surface area contributed by atoms with Crippen LogP contribution in [0.25, 0.3) is 21.5 Å². The van der Waals surface area contributed by atoms with E-state index in [2.05, 4.69) is 48.0 Å². The zero-order valence-corrected chi connectivity index (χ0v) is 33.1. The molecular formula is C49H45N7O2. The van der Waals surface area contributed by atoms with Gasteiger partial charge in [-0.2, -0.15) is 10.2 Å². The van der Waals surface area contributed by atoms with Crippen LogP contribution in [0.5, 0.6) is 5.75 Å². The Morgan fingerprint density at radius 1 is 0.603 bits per heavy atom. The quantitative estimate of drug-likeness (QED) is 0.0703. The fraction of sp³-hybridized carbons (Fsp3) is 0.204. The van der Waals surface area contributed by atoms with E-state index >= 15 is 0 Å². The zero-order chi connectivity index (χ0) is 39.8. The third kappa shape index (κ3) is 8.44. The average molecular weight is 764 g/mol. The minimum Gasteiger partial charge on any atom is -0.423 e. The summed E-state index contributed by atoms with van der Waals surface area (Å²) in [4.78, 5) is 15.3. The predicted octanol–water partition coefficient (Wildman–Crippen LogP) is 14.9. The van der Waals surface area contributed by atoms with Gasteiger partial charge < -0.3 is 9.64 Å². The van der Waals surface area contributed by atoms with Crippen molar-refractivity contribution in [1.82, 2.24) is 0 Å². The Morgan fingerprint density at radius 2 is 1.14 bits per heavy atom. The number of carbonyl (C=O) groups excluding carboxylic acids is 1. The first kappa shape index (κ1) is 38.0. The topological polar surface area (TPSA) is 104 Å². The van der Waals surface area contributed by atoms with Gasteiger partial charge in [0.1, 0.15) is 5.75 Å². The van der Waals surface area contributed by atoms with Gasteiger partial charge in [0, 0.05) is 40.3 Å². The zero-order valence-electron chi connectivity index (χ0n) is 33.1. The molecule has 9 nitrogen and oxygen atoms in total. The molecule has 0 saturated heterocycles. The number of hydrogen-bond donors (Lipinski definition) is 0. The van der Waals surface area contributed by atoms with Crippen LogP contribution < -0.4 is 9.64 Å². The maximum absolute atomic E-state index is 12.8. The van der Waals surface area contributed by atoms with Gasteiger partial charge in [0.25, 0.3) is 0 Å². The van der Waals surface area contributed by atoms with Crippen molar-refractivity contribution in [2.24, 2.45) is 30.7 Å². The molecular weight excluding hydrogens is 719 g/mol. The van der Waals surface area contributed by atoms with Crippen LogP contribution in [0.3, 0.4) is 0 Å². The number of hydrogen-bond acceptors (Lipinski definition) is 9. The number of benzene rings is 7. The molecule has 0 aromatic heterocycles. The van der Waals surface area contributed by atoms with Crippen LogP contribution in [-0.4, -0.2) is 19.1 Å². The van der Waals surface area contributed by atoms with Crippen molar-refractivity contribution in [3.8, 4) is 5.75 Å². The second-order valence-electron chi connectivity index (χ2n) is 14.6. The molecule has 0 fully saturated rings. The van der Waals surface area contributed by atoms with E-state index in [4.69, 9.17) is 25.2 Å². The van der Waals surface area contributed by atoms with Crippen molar-refractivity contribution >= 4 is 67.3 Å². The summed E-state index contributed by atoms with van der Waals surface area (Å²) < 4.78 is 5.57. The molecule has 0 N–H and O–H groups in total. The number of carbonyl (C=O) groups is 1. The standard InChI is InChI=1S/C49H45N7O2/c1-4-11-34-17-23-38(24-18-34)58-49(57)35-19-21-37(22-20-35)50-51-43-25-26-44(40-14-7-6-13-39(40)43)52-53-45-27-28-46(42-16-9-8-15-41(42)45)54-55-47-32-36-12-10-30-56(29-5-2)48(36)31-33(47)3/h6-9,13-28,31-32H,4-5,10-12,29-30H2,1-3H3/b51-50+,53-52+,55-54+. The summed E-state index contributed by atoms with van der Waals surface area (Å²) in [7, 11) is 0. The van der Waals surface area contributed by atoms with Gasteiger partial charge in [0.2, 0.25) is 0 Å². The van der Waals surface area contributed by atoms with Gasteiger partial charge in [0.15, 0.2) is 0 Å². The van der Waals surface area contributed by atoms with E-state index < -0.39 is 5.97 Å². The predicted molar refractivity (Wildman–Crippen MR) is 234 cm³/mol. The van der Waals surface area contributed by atoms with E-state index in [1.54, 1.807) is 24.3 Å². The first-order chi connectivity index (χ1) is 28.5. The molecule has 288 valence electrons. The molecule has 58 heavy (non-hydrogen) atoms. The fourth-order valence-corrected chi connectivity index (χ4v) is 7.46. The van der Waals surface area contributed by atoms with Gasteiger partial charge in [-0.3, -0.25) is 0 Å². The summed E-state index contributed by atoms with van der Waals surface area (Å²) >= 11 is 0. The summed E-state index contributed by atoms with van der Waals surface area (Å²) in [5.74, 6) is 0.0926. The largest absolute Gasteiger partial charge is 0.423 e. The van der Waals surface area contributed by atoms with Crippen molar-refractivity contribution in [2.75, 3.05) is 18.0 Å². The lowest BCUT2D eigenvalue weighted by molar-refractivity contribution is 0.0734. The SMILES string of the molecule is CCCc1ccc(OC(=O)c2ccc(/N=N/c3ccc(/N=N/c4ccc(/N=N/c5cc6c(cc5C)N(CCC)CCC6)c5ccccc45)c4ccccc34)cc2)cc1. The van der Waals surface area contributed by atoms with Crippen molar-refractivity contribution in [1.29, 1.82) is 0 Å². The number of azo groups is 3. The summed E-state index contributed by atoms with van der Waals surface area (Å²) in [6, 6.07) is 42.7. The number of ether oxygens (including phenoxy) is 1. The Morgan fingerprint density at radius 3 is 1.67 bits per heavy atom. The van der Waals surface area contributed by atoms with E-state index in [9.17, 15) is 4.79 Å². The number of nitrogens with zero attached hydrogens (tertiary/aromatic N) is 7. The molecule has 9 heteroatoms. The molecule has 7 aromatic rings. The molecule has 1 aliphatic rings. The highest BCUT2D eigenvalue weighted by Gasteiger charge is 2.18. The first-order valence-corrected chi connectivity index (χ1v) is 20.1. The Hall–Kier alpha value is -6.87. The van der Waals surface area contributed by atoms with Crippen molar-refractivity contribution < 1.29 is 9.53 Å². The molecule has 0 radical (unpaired) electrons. The first-order valence-electron chi connectivity index (χ1n) is 20.1. The van der Waals surface area contributed by atoms with Crippen LogP contribution in [0.1, 0.15) is 60.2 Å². The summed E-state index contributed by atoms with van der Waals surface area (Å²) in [6.45, 7) is 8.67. The van der Waals surface area contributed by atoms with Crippen LogP contribution in [-0.2, 0) is 12.8 Å². The van der Waals surface area contributed by atoms with Crippen molar-refractivity contribution in [2.45, 2.75) is 52.9 Å². The Bertz CT molecular complexity index is 2690. The van der Waals surface area contributed by atoms with E-state index in [-0.39, 0.29) is 0 Å². The fourth-order valence-electron chi connectivity index (χ4n) is 7.46. The lowest BCUT2D eigenvalue weighted by Gasteiger charge is -2.31. The molecule has 1 aliphatic heterocycles. The molecule has 0 unspecified atom stereocenters. The van der Waals surface area contributed by atoms with Gasteiger partial charge in [-0.05, 0) is 122 Å². The Balaban J connectivity index is 0.990. The van der Waals surface area contributed by atoms with E-state index in [0.717, 1.165) is 89.4 Å². The van der Waals surface area contributed by atoms with Crippen molar-refractivity contribution in [3.63, 3.8) is 0 Å². The van der Waals surface area contributed by atoms with Crippen LogP contribution in [0.4, 0.5) is 39.8 Å². The highest BCUT2D eigenvalue weighted by atomic mass is 16.5. The van der Waals surface area contributed by atoms with Gasteiger partial charge in [0.05, 0.1) is 39.7 Å². The number of aryl methyl sites for hydroxylation is 3. The molecule has 0 spiro atoms. The average Bonchev–Trinajstić information content (AvgIpc) is 3.26. The monoisotopic (exact) mass is 763 g/mol.